The first-order chi connectivity index (χ1) is 12.9. The molecule has 0 aliphatic rings. The van der Waals surface area contributed by atoms with E-state index < -0.39 is 0 Å². The summed E-state index contributed by atoms with van der Waals surface area (Å²) in [5.41, 5.74) is 1.34. The summed E-state index contributed by atoms with van der Waals surface area (Å²) >= 11 is 12.0. The van der Waals surface area contributed by atoms with E-state index >= 15 is 0 Å². The van der Waals surface area contributed by atoms with Gasteiger partial charge in [0, 0.05) is 16.6 Å². The van der Waals surface area contributed by atoms with Gasteiger partial charge in [-0.15, -0.1) is 0 Å². The maximum Gasteiger partial charge on any atom is 0.279 e. The van der Waals surface area contributed by atoms with E-state index in [9.17, 15) is 9.59 Å². The van der Waals surface area contributed by atoms with E-state index in [1.807, 2.05) is 18.2 Å². The van der Waals surface area contributed by atoms with Crippen LogP contribution < -0.4 is 20.3 Å². The summed E-state index contributed by atoms with van der Waals surface area (Å²) in [6.07, 6.45) is 0. The number of ether oxygens (including phenoxy) is 1. The fourth-order valence-corrected chi connectivity index (χ4v) is 2.86. The molecule has 0 spiro atoms. The monoisotopic (exact) mass is 410 g/mol. The molecule has 0 heterocycles. The Morgan fingerprint density at radius 2 is 1.78 bits per heavy atom. The Kier molecular flexibility index (Phi) is 7.91. The number of quaternary nitrogens is 1. The number of anilines is 1. The topological polar surface area (TPSA) is 71.9 Å². The summed E-state index contributed by atoms with van der Waals surface area (Å²) in [5, 5.41) is 6.66. The molecule has 2 aromatic carbocycles. The maximum atomic E-state index is 12.2. The van der Waals surface area contributed by atoms with Crippen LogP contribution in [0.4, 0.5) is 5.69 Å². The molecule has 2 aromatic rings. The van der Waals surface area contributed by atoms with Gasteiger partial charge in [-0.25, -0.2) is 0 Å². The number of benzene rings is 2. The van der Waals surface area contributed by atoms with Crippen molar-refractivity contribution in [3.8, 4) is 5.75 Å². The van der Waals surface area contributed by atoms with Crippen LogP contribution in [0.2, 0.25) is 10.0 Å². The van der Waals surface area contributed by atoms with Crippen molar-refractivity contribution in [1.29, 1.82) is 0 Å². The van der Waals surface area contributed by atoms with Gasteiger partial charge >= 0.3 is 0 Å². The van der Waals surface area contributed by atoms with Gasteiger partial charge in [-0.1, -0.05) is 41.4 Å². The largest absolute Gasteiger partial charge is 0.495 e. The highest BCUT2D eigenvalue weighted by Crippen LogP contribution is 2.27. The van der Waals surface area contributed by atoms with Crippen molar-refractivity contribution >= 4 is 40.7 Å². The molecule has 1 atom stereocenters. The van der Waals surface area contributed by atoms with Gasteiger partial charge in [-0.05, 0) is 29.8 Å². The molecular formula is C19H22Cl2N3O3+. The van der Waals surface area contributed by atoms with E-state index in [1.54, 1.807) is 31.3 Å². The number of hydrogen-bond acceptors (Lipinski definition) is 3. The van der Waals surface area contributed by atoms with Gasteiger partial charge in [-0.2, -0.15) is 0 Å². The Hall–Kier alpha value is -2.28. The average molecular weight is 411 g/mol. The van der Waals surface area contributed by atoms with Crippen molar-refractivity contribution in [3.05, 3.63) is 58.1 Å². The molecule has 0 saturated carbocycles. The highest BCUT2D eigenvalue weighted by atomic mass is 35.5. The lowest BCUT2D eigenvalue weighted by Gasteiger charge is -2.15. The zero-order valence-electron chi connectivity index (χ0n) is 15.1. The third kappa shape index (κ3) is 6.75. The minimum Gasteiger partial charge on any atom is -0.495 e. The molecule has 2 amide bonds. The fraction of sp³-hybridized carbons (Fsp3) is 0.263. The van der Waals surface area contributed by atoms with Crippen molar-refractivity contribution in [3.63, 3.8) is 0 Å². The predicted molar refractivity (Wildman–Crippen MR) is 107 cm³/mol. The lowest BCUT2D eigenvalue weighted by molar-refractivity contribution is -0.862. The van der Waals surface area contributed by atoms with Crippen LogP contribution in [-0.4, -0.2) is 39.1 Å². The smallest absolute Gasteiger partial charge is 0.279 e. The highest BCUT2D eigenvalue weighted by Gasteiger charge is 2.16. The van der Waals surface area contributed by atoms with Crippen LogP contribution in [0.3, 0.4) is 0 Å². The number of likely N-dealkylation sites (N-methyl/N-ethyl adjacent to an activating group) is 1. The number of rotatable bonds is 8. The fourth-order valence-electron chi connectivity index (χ4n) is 2.48. The first kappa shape index (κ1) is 21.0. The third-order valence-electron chi connectivity index (χ3n) is 3.79. The quantitative estimate of drug-likeness (QED) is 0.620. The molecule has 0 radical (unpaired) electrons. The number of methoxy groups -OCH3 is 1. The zero-order valence-corrected chi connectivity index (χ0v) is 16.7. The SMILES string of the molecule is COc1ccc(Cl)cc1NC(=O)C[NH+](C)CC(=O)NCc1ccccc1Cl. The molecule has 2 rings (SSSR count). The summed E-state index contributed by atoms with van der Waals surface area (Å²) < 4.78 is 5.20. The minimum atomic E-state index is -0.244. The summed E-state index contributed by atoms with van der Waals surface area (Å²) in [6.45, 7) is 0.622. The Labute approximate surface area is 168 Å². The lowest BCUT2D eigenvalue weighted by Crippen LogP contribution is -3.11. The van der Waals surface area contributed by atoms with Crippen molar-refractivity contribution in [2.75, 3.05) is 32.6 Å². The first-order valence-corrected chi connectivity index (χ1v) is 9.09. The Morgan fingerprint density at radius 1 is 1.07 bits per heavy atom. The van der Waals surface area contributed by atoms with Crippen LogP contribution in [0.15, 0.2) is 42.5 Å². The Bertz CT molecular complexity index is 815. The normalized spacial score (nSPS) is 11.6. The molecule has 1 unspecified atom stereocenters. The van der Waals surface area contributed by atoms with E-state index in [0.717, 1.165) is 10.5 Å². The number of halogens is 2. The summed E-state index contributed by atoms with van der Waals surface area (Å²) in [4.78, 5) is 25.0. The third-order valence-corrected chi connectivity index (χ3v) is 4.40. The molecule has 0 fully saturated rings. The molecule has 3 N–H and O–H groups in total. The number of carbonyl (C=O) groups is 2. The molecule has 0 aliphatic carbocycles. The van der Waals surface area contributed by atoms with Gasteiger partial charge < -0.3 is 20.3 Å². The minimum absolute atomic E-state index is 0.120. The van der Waals surface area contributed by atoms with E-state index in [1.165, 1.54) is 7.11 Å². The lowest BCUT2D eigenvalue weighted by atomic mass is 10.2. The Morgan fingerprint density at radius 3 is 2.48 bits per heavy atom. The van der Waals surface area contributed by atoms with Crippen LogP contribution in [0, 0.1) is 0 Å². The standard InChI is InChI=1S/C19H21Cl2N3O3/c1-24(11-18(25)22-10-13-5-3-4-6-15(13)21)12-19(26)23-16-9-14(20)7-8-17(16)27-2/h3-9H,10-12H2,1-2H3,(H,22,25)(H,23,26)/p+1. The highest BCUT2D eigenvalue weighted by molar-refractivity contribution is 6.31. The number of amides is 2. The van der Waals surface area contributed by atoms with E-state index in [4.69, 9.17) is 27.9 Å². The van der Waals surface area contributed by atoms with Gasteiger partial charge in [0.15, 0.2) is 13.1 Å². The van der Waals surface area contributed by atoms with Crippen LogP contribution in [0.1, 0.15) is 5.56 Å². The van der Waals surface area contributed by atoms with Crippen molar-refractivity contribution < 1.29 is 19.2 Å². The van der Waals surface area contributed by atoms with Crippen LogP contribution in [0.25, 0.3) is 0 Å². The van der Waals surface area contributed by atoms with Crippen LogP contribution >= 0.6 is 23.2 Å². The van der Waals surface area contributed by atoms with Gasteiger partial charge in [0.2, 0.25) is 0 Å². The first-order valence-electron chi connectivity index (χ1n) is 8.34. The summed E-state index contributed by atoms with van der Waals surface area (Å²) in [7, 11) is 3.28. The van der Waals surface area contributed by atoms with Gasteiger partial charge in [0.25, 0.3) is 11.8 Å². The van der Waals surface area contributed by atoms with Gasteiger partial charge in [0.1, 0.15) is 5.75 Å². The predicted octanol–water partition coefficient (Wildman–Crippen LogP) is 1.77. The van der Waals surface area contributed by atoms with E-state index in [2.05, 4.69) is 10.6 Å². The van der Waals surface area contributed by atoms with Crippen LogP contribution in [0.5, 0.6) is 5.75 Å². The van der Waals surface area contributed by atoms with Crippen molar-refractivity contribution in [1.82, 2.24) is 5.32 Å². The van der Waals surface area contributed by atoms with Gasteiger partial charge in [-0.3, -0.25) is 9.59 Å². The molecule has 144 valence electrons. The summed E-state index contributed by atoms with van der Waals surface area (Å²) in [6, 6.07) is 12.3. The molecule has 8 heteroatoms. The second-order valence-corrected chi connectivity index (χ2v) is 6.92. The number of nitrogens with one attached hydrogen (secondary N) is 3. The maximum absolute atomic E-state index is 12.2. The van der Waals surface area contributed by atoms with E-state index in [0.29, 0.717) is 28.0 Å². The molecular weight excluding hydrogens is 389 g/mol. The van der Waals surface area contributed by atoms with Gasteiger partial charge in [0.05, 0.1) is 19.8 Å². The van der Waals surface area contributed by atoms with Crippen LogP contribution in [-0.2, 0) is 16.1 Å². The molecule has 0 aliphatic heterocycles. The number of carbonyl (C=O) groups excluding carboxylic acids is 2. The van der Waals surface area contributed by atoms with E-state index in [-0.39, 0.29) is 24.9 Å². The molecule has 27 heavy (non-hydrogen) atoms. The van der Waals surface area contributed by atoms with Crippen molar-refractivity contribution in [2.45, 2.75) is 6.54 Å². The molecule has 0 bridgehead atoms. The molecule has 0 saturated heterocycles. The number of hydrogen-bond donors (Lipinski definition) is 3. The summed E-state index contributed by atoms with van der Waals surface area (Å²) in [5.74, 6) is 0.107. The Balaban J connectivity index is 1.81. The second kappa shape index (κ2) is 10.2. The average Bonchev–Trinajstić information content (AvgIpc) is 2.61. The van der Waals surface area contributed by atoms with Crippen molar-refractivity contribution in [2.24, 2.45) is 0 Å². The zero-order chi connectivity index (χ0) is 19.8. The molecule has 6 nitrogen and oxygen atoms in total. The molecule has 0 aromatic heterocycles. The second-order valence-electron chi connectivity index (χ2n) is 6.07.